The summed E-state index contributed by atoms with van der Waals surface area (Å²) < 4.78 is 20.8. The molecule has 4 rings (SSSR count). The van der Waals surface area contributed by atoms with Crippen molar-refractivity contribution in [2.75, 3.05) is 0 Å². The van der Waals surface area contributed by atoms with Crippen molar-refractivity contribution in [3.8, 4) is 22.7 Å². The highest BCUT2D eigenvalue weighted by Gasteiger charge is 2.13. The Balaban J connectivity index is 1.79. The van der Waals surface area contributed by atoms with Gasteiger partial charge >= 0.3 is 0 Å². The zero-order valence-electron chi connectivity index (χ0n) is 12.9. The van der Waals surface area contributed by atoms with E-state index >= 15 is 0 Å². The molecule has 0 aliphatic rings. The van der Waals surface area contributed by atoms with Gasteiger partial charge in [-0.2, -0.15) is 5.10 Å². The zero-order valence-corrected chi connectivity index (χ0v) is 12.9. The lowest BCUT2D eigenvalue weighted by atomic mass is 10.1. The van der Waals surface area contributed by atoms with E-state index in [4.69, 9.17) is 4.42 Å². The van der Waals surface area contributed by atoms with Crippen LogP contribution < -0.4 is 0 Å². The predicted octanol–water partition coefficient (Wildman–Crippen LogP) is 5.00. The van der Waals surface area contributed by atoms with E-state index in [9.17, 15) is 4.39 Å². The van der Waals surface area contributed by atoms with Crippen molar-refractivity contribution in [3.63, 3.8) is 0 Å². The molecule has 118 valence electrons. The average molecular weight is 318 g/mol. The quantitative estimate of drug-likeness (QED) is 0.530. The maximum absolute atomic E-state index is 13.5. The molecule has 4 aromatic rings. The van der Waals surface area contributed by atoms with Crippen LogP contribution in [0.4, 0.5) is 4.39 Å². The van der Waals surface area contributed by atoms with E-state index in [1.807, 2.05) is 59.3 Å². The van der Waals surface area contributed by atoms with Gasteiger partial charge in [0.2, 0.25) is 0 Å². The smallest absolute Gasteiger partial charge is 0.154 e. The van der Waals surface area contributed by atoms with Gasteiger partial charge in [-0.15, -0.1) is 0 Å². The first-order valence-electron chi connectivity index (χ1n) is 7.71. The first-order valence-corrected chi connectivity index (χ1v) is 7.71. The van der Waals surface area contributed by atoms with Gasteiger partial charge in [-0.3, -0.25) is 4.68 Å². The summed E-state index contributed by atoms with van der Waals surface area (Å²) in [5.74, 6) is 0.470. The Morgan fingerprint density at radius 2 is 1.79 bits per heavy atom. The molecule has 0 unspecified atom stereocenters. The SMILES string of the molecule is Fc1cccc(Cn2nc(-c3ccco3)cc2-c2ccccc2)c1. The third-order valence-corrected chi connectivity index (χ3v) is 3.84. The molecule has 0 amide bonds. The molecule has 2 aromatic heterocycles. The highest BCUT2D eigenvalue weighted by atomic mass is 19.1. The summed E-state index contributed by atoms with van der Waals surface area (Å²) in [5, 5.41) is 4.65. The van der Waals surface area contributed by atoms with Gasteiger partial charge in [0.15, 0.2) is 5.76 Å². The molecule has 0 aliphatic heterocycles. The van der Waals surface area contributed by atoms with Gasteiger partial charge in [-0.25, -0.2) is 4.39 Å². The van der Waals surface area contributed by atoms with Crippen LogP contribution in [-0.4, -0.2) is 9.78 Å². The van der Waals surface area contributed by atoms with Gasteiger partial charge in [-0.05, 0) is 41.5 Å². The number of nitrogens with zero attached hydrogens (tertiary/aromatic N) is 2. The minimum Gasteiger partial charge on any atom is -0.463 e. The van der Waals surface area contributed by atoms with Crippen LogP contribution in [0.5, 0.6) is 0 Å². The first kappa shape index (κ1) is 14.5. The topological polar surface area (TPSA) is 31.0 Å². The molecule has 2 heterocycles. The van der Waals surface area contributed by atoms with Gasteiger partial charge in [0.1, 0.15) is 11.5 Å². The average Bonchev–Trinajstić information content (AvgIpc) is 3.25. The normalized spacial score (nSPS) is 10.9. The summed E-state index contributed by atoms with van der Waals surface area (Å²) in [5.41, 5.74) is 3.64. The third-order valence-electron chi connectivity index (χ3n) is 3.84. The molecule has 0 bridgehead atoms. The molecule has 0 N–H and O–H groups in total. The summed E-state index contributed by atoms with van der Waals surface area (Å²) in [6, 6.07) is 22.3. The number of furan rings is 1. The van der Waals surface area contributed by atoms with Crippen molar-refractivity contribution in [1.82, 2.24) is 9.78 Å². The Kier molecular flexibility index (Phi) is 3.71. The van der Waals surface area contributed by atoms with Crippen LogP contribution in [0.2, 0.25) is 0 Å². The molecular formula is C20H15FN2O. The Labute approximate surface area is 139 Å². The standard InChI is InChI=1S/C20H15FN2O/c21-17-9-4-6-15(12-17)14-23-19(16-7-2-1-3-8-16)13-18(22-23)20-10-5-11-24-20/h1-13H,14H2. The second kappa shape index (κ2) is 6.16. The van der Waals surface area contributed by atoms with Crippen molar-refractivity contribution >= 4 is 0 Å². The fourth-order valence-electron chi connectivity index (χ4n) is 2.73. The van der Waals surface area contributed by atoms with E-state index in [1.54, 1.807) is 12.3 Å². The highest BCUT2D eigenvalue weighted by molar-refractivity contribution is 5.66. The Hall–Kier alpha value is -3.14. The maximum Gasteiger partial charge on any atom is 0.154 e. The Morgan fingerprint density at radius 1 is 0.917 bits per heavy atom. The molecule has 0 atom stereocenters. The summed E-state index contributed by atoms with van der Waals surface area (Å²) in [6.07, 6.45) is 1.63. The van der Waals surface area contributed by atoms with Crippen LogP contribution in [0, 0.1) is 5.82 Å². The van der Waals surface area contributed by atoms with Crippen molar-refractivity contribution in [1.29, 1.82) is 0 Å². The van der Waals surface area contributed by atoms with Crippen LogP contribution >= 0.6 is 0 Å². The zero-order chi connectivity index (χ0) is 16.4. The highest BCUT2D eigenvalue weighted by Crippen LogP contribution is 2.27. The largest absolute Gasteiger partial charge is 0.463 e. The summed E-state index contributed by atoms with van der Waals surface area (Å²) in [6.45, 7) is 0.489. The molecule has 3 nitrogen and oxygen atoms in total. The minimum atomic E-state index is -0.243. The van der Waals surface area contributed by atoms with Crippen LogP contribution in [0.1, 0.15) is 5.56 Å². The Bertz CT molecular complexity index is 943. The number of benzene rings is 2. The fraction of sp³-hybridized carbons (Fsp3) is 0.0500. The van der Waals surface area contributed by atoms with Gasteiger partial charge in [0.05, 0.1) is 18.5 Å². The van der Waals surface area contributed by atoms with E-state index in [0.717, 1.165) is 22.5 Å². The minimum absolute atomic E-state index is 0.243. The van der Waals surface area contributed by atoms with Crippen molar-refractivity contribution in [3.05, 3.63) is 90.4 Å². The summed E-state index contributed by atoms with van der Waals surface area (Å²) >= 11 is 0. The van der Waals surface area contributed by atoms with Crippen LogP contribution in [0.25, 0.3) is 22.7 Å². The lowest BCUT2D eigenvalue weighted by Gasteiger charge is -2.08. The van der Waals surface area contributed by atoms with Gasteiger partial charge in [0.25, 0.3) is 0 Å². The summed E-state index contributed by atoms with van der Waals surface area (Å²) in [7, 11) is 0. The third kappa shape index (κ3) is 2.86. The fourth-order valence-corrected chi connectivity index (χ4v) is 2.73. The molecular weight excluding hydrogens is 303 g/mol. The van der Waals surface area contributed by atoms with Gasteiger partial charge in [0, 0.05) is 0 Å². The Morgan fingerprint density at radius 3 is 2.54 bits per heavy atom. The molecule has 0 spiro atoms. The molecule has 0 aliphatic carbocycles. The number of halogens is 1. The molecule has 2 aromatic carbocycles. The lowest BCUT2D eigenvalue weighted by Crippen LogP contribution is -2.04. The van der Waals surface area contributed by atoms with E-state index < -0.39 is 0 Å². The van der Waals surface area contributed by atoms with Crippen molar-refractivity contribution < 1.29 is 8.81 Å². The number of aromatic nitrogens is 2. The van der Waals surface area contributed by atoms with Crippen molar-refractivity contribution in [2.45, 2.75) is 6.54 Å². The van der Waals surface area contributed by atoms with Gasteiger partial charge in [-0.1, -0.05) is 42.5 Å². The monoisotopic (exact) mass is 318 g/mol. The second-order valence-corrected chi connectivity index (χ2v) is 5.55. The lowest BCUT2D eigenvalue weighted by molar-refractivity contribution is 0.576. The van der Waals surface area contributed by atoms with Gasteiger partial charge < -0.3 is 4.42 Å². The molecule has 0 fully saturated rings. The van der Waals surface area contributed by atoms with Crippen LogP contribution in [0.15, 0.2) is 83.5 Å². The molecule has 0 saturated heterocycles. The summed E-state index contributed by atoms with van der Waals surface area (Å²) in [4.78, 5) is 0. The first-order chi connectivity index (χ1) is 11.8. The molecule has 0 saturated carbocycles. The van der Waals surface area contributed by atoms with E-state index in [2.05, 4.69) is 5.10 Å². The second-order valence-electron chi connectivity index (χ2n) is 5.55. The van der Waals surface area contributed by atoms with E-state index in [1.165, 1.54) is 12.1 Å². The van der Waals surface area contributed by atoms with Crippen LogP contribution in [0.3, 0.4) is 0 Å². The molecule has 4 heteroatoms. The predicted molar refractivity (Wildman–Crippen MR) is 90.9 cm³/mol. The van der Waals surface area contributed by atoms with E-state index in [-0.39, 0.29) is 5.82 Å². The molecule has 24 heavy (non-hydrogen) atoms. The number of hydrogen-bond donors (Lipinski definition) is 0. The molecule has 0 radical (unpaired) electrons. The van der Waals surface area contributed by atoms with Crippen LogP contribution in [-0.2, 0) is 6.54 Å². The maximum atomic E-state index is 13.5. The number of rotatable bonds is 4. The number of hydrogen-bond acceptors (Lipinski definition) is 2. The van der Waals surface area contributed by atoms with Crippen molar-refractivity contribution in [2.24, 2.45) is 0 Å². The van der Waals surface area contributed by atoms with E-state index in [0.29, 0.717) is 12.3 Å².